The zero-order valence-corrected chi connectivity index (χ0v) is 10.6. The molecule has 90 valence electrons. The van der Waals surface area contributed by atoms with E-state index in [0.717, 1.165) is 17.5 Å². The van der Waals surface area contributed by atoms with Gasteiger partial charge in [-0.3, -0.25) is 4.79 Å². The molecule has 0 fully saturated rings. The molecule has 1 rings (SSSR count). The van der Waals surface area contributed by atoms with Gasteiger partial charge in [0.05, 0.1) is 31.2 Å². The molecule has 0 saturated carbocycles. The van der Waals surface area contributed by atoms with Crippen molar-refractivity contribution in [1.29, 1.82) is 0 Å². The van der Waals surface area contributed by atoms with Gasteiger partial charge in [0.1, 0.15) is 0 Å². The highest BCUT2D eigenvalue weighted by Gasteiger charge is 2.20. The Morgan fingerprint density at radius 3 is 3.06 bits per heavy atom. The minimum atomic E-state index is 0.521. The number of nitrogens with one attached hydrogen (secondary N) is 1. The predicted molar refractivity (Wildman–Crippen MR) is 59.9 cm³/mol. The number of nitrogens with zero attached hydrogens (tertiary/aromatic N) is 3. The van der Waals surface area contributed by atoms with Crippen LogP contribution in [-0.4, -0.2) is 35.8 Å². The fraction of sp³-hybridized carbons (Fsp3) is 0.667. The lowest BCUT2D eigenvalue weighted by atomic mass is 10.6. The molecule has 0 bridgehead atoms. The maximum atomic E-state index is 10.1. The lowest BCUT2D eigenvalue weighted by Crippen LogP contribution is -2.40. The summed E-state index contributed by atoms with van der Waals surface area (Å²) in [6.45, 7) is 3.41. The molecule has 0 atom stereocenters. The van der Waals surface area contributed by atoms with Crippen molar-refractivity contribution in [2.75, 3.05) is 19.6 Å². The van der Waals surface area contributed by atoms with Crippen LogP contribution in [0, 0.1) is 6.92 Å². The molecule has 1 amide bonds. The zero-order chi connectivity index (χ0) is 12.0. The van der Waals surface area contributed by atoms with Crippen molar-refractivity contribution in [3.8, 4) is 0 Å². The number of rotatable bonds is 7. The number of amides is 1. The van der Waals surface area contributed by atoms with Crippen molar-refractivity contribution in [2.24, 2.45) is 7.05 Å². The molecular weight excluding hydrogens is 228 g/mol. The van der Waals surface area contributed by atoms with E-state index in [1.165, 1.54) is 11.8 Å². The standard InChI is InChI=1S/C9H16N4O2S/c1-8-12(2)11-9(16-7-10-6-14)13(8)4-5-15-3/h6H,4-5,7H2,1-3H3/p+1. The summed E-state index contributed by atoms with van der Waals surface area (Å²) in [4.78, 5) is 10.1. The molecule has 6 nitrogen and oxygen atoms in total. The van der Waals surface area contributed by atoms with Crippen LogP contribution in [0.1, 0.15) is 5.82 Å². The summed E-state index contributed by atoms with van der Waals surface area (Å²) in [6.07, 6.45) is 0.683. The van der Waals surface area contributed by atoms with Crippen LogP contribution < -0.4 is 9.88 Å². The maximum Gasteiger partial charge on any atom is 0.338 e. The van der Waals surface area contributed by atoms with E-state index < -0.39 is 0 Å². The zero-order valence-electron chi connectivity index (χ0n) is 9.77. The van der Waals surface area contributed by atoms with E-state index in [-0.39, 0.29) is 0 Å². The van der Waals surface area contributed by atoms with Crippen molar-refractivity contribution in [3.05, 3.63) is 5.82 Å². The number of carbonyl (C=O) groups excluding carboxylic acids is 1. The van der Waals surface area contributed by atoms with E-state index in [2.05, 4.69) is 15.0 Å². The second-order valence-electron chi connectivity index (χ2n) is 3.21. The number of aromatic nitrogens is 3. The first-order valence-electron chi connectivity index (χ1n) is 4.93. The normalized spacial score (nSPS) is 10.4. The summed E-state index contributed by atoms with van der Waals surface area (Å²) in [5.41, 5.74) is 0. The Morgan fingerprint density at radius 2 is 2.44 bits per heavy atom. The van der Waals surface area contributed by atoms with Gasteiger partial charge in [-0.2, -0.15) is 0 Å². The monoisotopic (exact) mass is 245 g/mol. The third-order valence-corrected chi connectivity index (χ3v) is 3.08. The van der Waals surface area contributed by atoms with Crippen molar-refractivity contribution < 1.29 is 14.1 Å². The van der Waals surface area contributed by atoms with E-state index in [1.807, 2.05) is 18.7 Å². The van der Waals surface area contributed by atoms with Crippen molar-refractivity contribution >= 4 is 18.2 Å². The topological polar surface area (TPSA) is 60.0 Å². The number of aryl methyl sites for hydroxylation is 1. The first-order chi connectivity index (χ1) is 7.70. The van der Waals surface area contributed by atoms with E-state index in [4.69, 9.17) is 4.74 Å². The molecule has 0 aliphatic carbocycles. The van der Waals surface area contributed by atoms with Gasteiger partial charge in [-0.05, 0) is 11.8 Å². The number of hydrogen-bond acceptors (Lipinski definition) is 4. The molecule has 16 heavy (non-hydrogen) atoms. The van der Waals surface area contributed by atoms with Gasteiger partial charge in [0.25, 0.3) is 0 Å². The SMILES string of the molecule is COCC[n+]1c(SCNC=O)nn(C)c1C. The van der Waals surface area contributed by atoms with E-state index >= 15 is 0 Å². The summed E-state index contributed by atoms with van der Waals surface area (Å²) < 4.78 is 8.94. The molecule has 1 aromatic heterocycles. The quantitative estimate of drug-likeness (QED) is 0.230. The highest BCUT2D eigenvalue weighted by atomic mass is 32.2. The minimum absolute atomic E-state index is 0.521. The van der Waals surface area contributed by atoms with Gasteiger partial charge in [-0.15, -0.1) is 4.68 Å². The molecule has 1 heterocycles. The Kier molecular flexibility index (Phi) is 5.27. The molecule has 0 saturated heterocycles. The van der Waals surface area contributed by atoms with Crippen LogP contribution in [0.2, 0.25) is 0 Å². The average molecular weight is 245 g/mol. The van der Waals surface area contributed by atoms with Crippen LogP contribution in [0.5, 0.6) is 0 Å². The second kappa shape index (κ2) is 6.49. The fourth-order valence-electron chi connectivity index (χ4n) is 1.25. The summed E-state index contributed by atoms with van der Waals surface area (Å²) in [6, 6.07) is 0. The number of methoxy groups -OCH3 is 1. The fourth-order valence-corrected chi connectivity index (χ4v) is 2.09. The predicted octanol–water partition coefficient (Wildman–Crippen LogP) is -0.542. The van der Waals surface area contributed by atoms with Crippen LogP contribution >= 0.6 is 11.8 Å². The maximum absolute atomic E-state index is 10.1. The highest BCUT2D eigenvalue weighted by molar-refractivity contribution is 7.99. The van der Waals surface area contributed by atoms with Crippen LogP contribution in [0.15, 0.2) is 5.16 Å². The first-order valence-corrected chi connectivity index (χ1v) is 5.91. The van der Waals surface area contributed by atoms with Gasteiger partial charge in [-0.1, -0.05) is 0 Å². The molecule has 0 aliphatic rings. The molecule has 7 heteroatoms. The summed E-state index contributed by atoms with van der Waals surface area (Å²) in [5.74, 6) is 1.58. The Balaban J connectivity index is 2.72. The summed E-state index contributed by atoms with van der Waals surface area (Å²) >= 11 is 1.49. The van der Waals surface area contributed by atoms with E-state index in [0.29, 0.717) is 18.9 Å². The highest BCUT2D eigenvalue weighted by Crippen LogP contribution is 2.09. The number of thioether (sulfide) groups is 1. The van der Waals surface area contributed by atoms with Gasteiger partial charge in [0.15, 0.2) is 0 Å². The molecular formula is C9H17N4O2S+. The molecule has 0 aliphatic heterocycles. The smallest absolute Gasteiger partial charge is 0.338 e. The van der Waals surface area contributed by atoms with Crippen molar-refractivity contribution in [1.82, 2.24) is 15.1 Å². The van der Waals surface area contributed by atoms with Crippen molar-refractivity contribution in [2.45, 2.75) is 18.6 Å². The molecule has 1 aromatic rings. The number of carbonyl (C=O) groups is 1. The molecule has 0 unspecified atom stereocenters. The molecule has 0 spiro atoms. The third-order valence-electron chi connectivity index (χ3n) is 2.21. The Hall–Kier alpha value is -1.08. The van der Waals surface area contributed by atoms with E-state index in [9.17, 15) is 4.79 Å². The molecule has 0 aromatic carbocycles. The molecule has 1 N–H and O–H groups in total. The van der Waals surface area contributed by atoms with Gasteiger partial charge in [-0.25, -0.2) is 4.57 Å². The van der Waals surface area contributed by atoms with Crippen LogP contribution in [0.3, 0.4) is 0 Å². The minimum Gasteiger partial charge on any atom is -0.381 e. The second-order valence-corrected chi connectivity index (χ2v) is 4.15. The Morgan fingerprint density at radius 1 is 1.69 bits per heavy atom. The van der Waals surface area contributed by atoms with E-state index in [1.54, 1.807) is 7.11 Å². The summed E-state index contributed by atoms with van der Waals surface area (Å²) in [7, 11) is 3.57. The Bertz CT molecular complexity index is 354. The Labute approximate surface area is 99.0 Å². The van der Waals surface area contributed by atoms with Gasteiger partial charge < -0.3 is 10.1 Å². The van der Waals surface area contributed by atoms with Crippen LogP contribution in [0.25, 0.3) is 0 Å². The van der Waals surface area contributed by atoms with Crippen LogP contribution in [-0.2, 0) is 23.1 Å². The van der Waals surface area contributed by atoms with Crippen LogP contribution in [0.4, 0.5) is 0 Å². The average Bonchev–Trinajstić information content (AvgIpc) is 2.53. The number of hydrogen-bond donors (Lipinski definition) is 1. The first kappa shape index (κ1) is 13.0. The van der Waals surface area contributed by atoms with Gasteiger partial charge >= 0.3 is 5.16 Å². The lowest BCUT2D eigenvalue weighted by molar-refractivity contribution is -0.739. The molecule has 0 radical (unpaired) electrons. The lowest BCUT2D eigenvalue weighted by Gasteiger charge is -2.01. The summed E-state index contributed by atoms with van der Waals surface area (Å²) in [5, 5.41) is 7.84. The largest absolute Gasteiger partial charge is 0.381 e. The number of ether oxygens (including phenoxy) is 1. The van der Waals surface area contributed by atoms with Gasteiger partial charge in [0.2, 0.25) is 12.2 Å². The third kappa shape index (κ3) is 3.21. The van der Waals surface area contributed by atoms with Crippen molar-refractivity contribution in [3.63, 3.8) is 0 Å². The van der Waals surface area contributed by atoms with Gasteiger partial charge in [0, 0.05) is 14.0 Å².